The van der Waals surface area contributed by atoms with Crippen LogP contribution in [-0.4, -0.2) is 54.3 Å². The molecule has 6 nitrogen and oxygen atoms in total. The molecule has 0 saturated carbocycles. The van der Waals surface area contributed by atoms with Gasteiger partial charge in [0.05, 0.1) is 12.2 Å². The molecule has 1 aromatic rings. The molecule has 2 N–H and O–H groups in total. The molecule has 2 atom stereocenters. The van der Waals surface area contributed by atoms with E-state index < -0.39 is 0 Å². The average molecular weight is 278 g/mol. The second-order valence-corrected chi connectivity index (χ2v) is 5.04. The first-order valence-corrected chi connectivity index (χ1v) is 6.98. The summed E-state index contributed by atoms with van der Waals surface area (Å²) in [5.41, 5.74) is 0. The first-order chi connectivity index (χ1) is 9.65. The van der Waals surface area contributed by atoms with Crippen LogP contribution in [0.4, 0.5) is 10.6 Å². The molecule has 110 valence electrons. The minimum atomic E-state index is -0.0326. The lowest BCUT2D eigenvalue weighted by Crippen LogP contribution is -2.52. The number of morpholine rings is 1. The van der Waals surface area contributed by atoms with Gasteiger partial charge in [0.25, 0.3) is 0 Å². The second kappa shape index (κ2) is 7.09. The highest BCUT2D eigenvalue weighted by Gasteiger charge is 2.25. The van der Waals surface area contributed by atoms with Crippen molar-refractivity contribution in [3.05, 3.63) is 24.4 Å². The van der Waals surface area contributed by atoms with E-state index in [0.717, 1.165) is 5.82 Å². The normalized spacial score (nSPS) is 22.4. The number of carbonyl (C=O) groups is 1. The number of urea groups is 1. The molecular weight excluding hydrogens is 256 g/mol. The van der Waals surface area contributed by atoms with Crippen molar-refractivity contribution < 1.29 is 9.53 Å². The lowest BCUT2D eigenvalue weighted by molar-refractivity contribution is -0.0544. The van der Waals surface area contributed by atoms with Gasteiger partial charge in [-0.05, 0) is 26.0 Å². The van der Waals surface area contributed by atoms with Crippen LogP contribution in [0.1, 0.15) is 13.8 Å². The Hall–Kier alpha value is -1.82. The molecule has 2 amide bonds. The summed E-state index contributed by atoms with van der Waals surface area (Å²) in [5, 5.41) is 6.06. The molecule has 2 rings (SSSR count). The van der Waals surface area contributed by atoms with Gasteiger partial charge in [-0.25, -0.2) is 9.78 Å². The number of carbonyl (C=O) groups excluding carboxylic acids is 1. The monoisotopic (exact) mass is 278 g/mol. The molecule has 1 saturated heterocycles. The van der Waals surface area contributed by atoms with Crippen molar-refractivity contribution in [1.82, 2.24) is 15.2 Å². The van der Waals surface area contributed by atoms with Gasteiger partial charge in [0.2, 0.25) is 0 Å². The van der Waals surface area contributed by atoms with Crippen LogP contribution in [0.3, 0.4) is 0 Å². The molecule has 20 heavy (non-hydrogen) atoms. The van der Waals surface area contributed by atoms with Crippen LogP contribution < -0.4 is 10.6 Å². The summed E-state index contributed by atoms with van der Waals surface area (Å²) in [6.07, 6.45) is 1.92. The van der Waals surface area contributed by atoms with Crippen LogP contribution in [-0.2, 0) is 4.74 Å². The van der Waals surface area contributed by atoms with Gasteiger partial charge < -0.3 is 20.3 Å². The van der Waals surface area contributed by atoms with Crippen LogP contribution in [0.5, 0.6) is 0 Å². The van der Waals surface area contributed by atoms with Crippen molar-refractivity contribution in [1.29, 1.82) is 0 Å². The zero-order chi connectivity index (χ0) is 14.4. The zero-order valence-electron chi connectivity index (χ0n) is 12.0. The van der Waals surface area contributed by atoms with E-state index in [1.54, 1.807) is 11.1 Å². The van der Waals surface area contributed by atoms with Gasteiger partial charge in [0, 0.05) is 32.4 Å². The molecule has 0 radical (unpaired) electrons. The molecule has 1 aromatic heterocycles. The number of hydrogen-bond acceptors (Lipinski definition) is 4. The van der Waals surface area contributed by atoms with Gasteiger partial charge in [0.1, 0.15) is 5.82 Å². The Morgan fingerprint density at radius 2 is 2.10 bits per heavy atom. The third-order valence-electron chi connectivity index (χ3n) is 3.08. The van der Waals surface area contributed by atoms with E-state index in [2.05, 4.69) is 15.6 Å². The Labute approximate surface area is 119 Å². The standard InChI is InChI=1S/C14H22N4O2/c1-11-9-18(10-12(2)20-11)14(19)17-8-7-16-13-5-3-4-6-15-13/h3-6,11-12H,7-10H2,1-2H3,(H,15,16)(H,17,19)/t11-,12-/m0/s1. The minimum Gasteiger partial charge on any atom is -0.372 e. The predicted octanol–water partition coefficient (Wildman–Crippen LogP) is 1.31. The SMILES string of the molecule is C[C@H]1CN(C(=O)NCCNc2ccccn2)C[C@H](C)O1. The second-order valence-electron chi connectivity index (χ2n) is 5.04. The molecular formula is C14H22N4O2. The summed E-state index contributed by atoms with van der Waals surface area (Å²) >= 11 is 0. The van der Waals surface area contributed by atoms with Gasteiger partial charge in [-0.3, -0.25) is 0 Å². The number of aromatic nitrogens is 1. The maximum Gasteiger partial charge on any atom is 0.317 e. The van der Waals surface area contributed by atoms with Crippen LogP contribution in [0.15, 0.2) is 24.4 Å². The molecule has 2 heterocycles. The molecule has 6 heteroatoms. The van der Waals surface area contributed by atoms with Crippen LogP contribution in [0.25, 0.3) is 0 Å². The summed E-state index contributed by atoms with van der Waals surface area (Å²) in [6, 6.07) is 5.65. The van der Waals surface area contributed by atoms with E-state index >= 15 is 0 Å². The summed E-state index contributed by atoms with van der Waals surface area (Å²) in [5.74, 6) is 0.815. The Kier molecular flexibility index (Phi) is 5.17. The van der Waals surface area contributed by atoms with E-state index in [1.807, 2.05) is 32.0 Å². The number of amides is 2. The molecule has 0 bridgehead atoms. The Bertz CT molecular complexity index is 416. The molecule has 0 aromatic carbocycles. The largest absolute Gasteiger partial charge is 0.372 e. The highest BCUT2D eigenvalue weighted by molar-refractivity contribution is 5.74. The van der Waals surface area contributed by atoms with Gasteiger partial charge in [-0.1, -0.05) is 6.07 Å². The third kappa shape index (κ3) is 4.38. The van der Waals surface area contributed by atoms with Gasteiger partial charge in [-0.15, -0.1) is 0 Å². The summed E-state index contributed by atoms with van der Waals surface area (Å²) < 4.78 is 5.61. The number of hydrogen-bond donors (Lipinski definition) is 2. The maximum atomic E-state index is 12.0. The first-order valence-electron chi connectivity index (χ1n) is 6.98. The fourth-order valence-corrected chi connectivity index (χ4v) is 2.28. The molecule has 0 spiro atoms. The Balaban J connectivity index is 1.67. The molecule has 0 unspecified atom stereocenters. The van der Waals surface area contributed by atoms with Gasteiger partial charge in [0.15, 0.2) is 0 Å². The molecule has 1 aliphatic heterocycles. The maximum absolute atomic E-state index is 12.0. The van der Waals surface area contributed by atoms with Crippen molar-refractivity contribution >= 4 is 11.8 Å². The van der Waals surface area contributed by atoms with Gasteiger partial charge in [-0.2, -0.15) is 0 Å². The van der Waals surface area contributed by atoms with Crippen LogP contribution in [0.2, 0.25) is 0 Å². The van der Waals surface area contributed by atoms with E-state index in [0.29, 0.717) is 26.2 Å². The first kappa shape index (κ1) is 14.6. The smallest absolute Gasteiger partial charge is 0.317 e. The Morgan fingerprint density at radius 1 is 1.35 bits per heavy atom. The van der Waals surface area contributed by atoms with Crippen molar-refractivity contribution in [2.75, 3.05) is 31.5 Å². The number of nitrogens with zero attached hydrogens (tertiary/aromatic N) is 2. The molecule has 1 aliphatic rings. The fraction of sp³-hybridized carbons (Fsp3) is 0.571. The van der Waals surface area contributed by atoms with Gasteiger partial charge >= 0.3 is 6.03 Å². The van der Waals surface area contributed by atoms with Crippen molar-refractivity contribution in [2.45, 2.75) is 26.1 Å². The average Bonchev–Trinajstić information content (AvgIpc) is 2.43. The molecule has 1 fully saturated rings. The number of pyridine rings is 1. The summed E-state index contributed by atoms with van der Waals surface area (Å²) in [7, 11) is 0. The van der Waals surface area contributed by atoms with E-state index in [4.69, 9.17) is 4.74 Å². The number of ether oxygens (including phenoxy) is 1. The van der Waals surface area contributed by atoms with Crippen LogP contribution >= 0.6 is 0 Å². The van der Waals surface area contributed by atoms with Crippen LogP contribution in [0, 0.1) is 0 Å². The highest BCUT2D eigenvalue weighted by atomic mass is 16.5. The highest BCUT2D eigenvalue weighted by Crippen LogP contribution is 2.10. The zero-order valence-corrected chi connectivity index (χ0v) is 12.0. The fourth-order valence-electron chi connectivity index (χ4n) is 2.28. The van der Waals surface area contributed by atoms with Crippen molar-refractivity contribution in [3.8, 4) is 0 Å². The lowest BCUT2D eigenvalue weighted by atomic mass is 10.2. The predicted molar refractivity (Wildman–Crippen MR) is 77.7 cm³/mol. The van der Waals surface area contributed by atoms with E-state index in [-0.39, 0.29) is 18.2 Å². The minimum absolute atomic E-state index is 0.0326. The Morgan fingerprint density at radius 3 is 2.75 bits per heavy atom. The van der Waals surface area contributed by atoms with Crippen molar-refractivity contribution in [3.63, 3.8) is 0 Å². The third-order valence-corrected chi connectivity index (χ3v) is 3.08. The summed E-state index contributed by atoms with van der Waals surface area (Å²) in [4.78, 5) is 18.0. The van der Waals surface area contributed by atoms with Crippen molar-refractivity contribution in [2.24, 2.45) is 0 Å². The summed E-state index contributed by atoms with van der Waals surface area (Å²) in [6.45, 7) is 6.47. The van der Waals surface area contributed by atoms with E-state index in [1.165, 1.54) is 0 Å². The number of rotatable bonds is 4. The van der Waals surface area contributed by atoms with E-state index in [9.17, 15) is 4.79 Å². The number of nitrogens with one attached hydrogen (secondary N) is 2. The lowest BCUT2D eigenvalue weighted by Gasteiger charge is -2.35. The topological polar surface area (TPSA) is 66.5 Å². The number of anilines is 1. The molecule has 0 aliphatic carbocycles. The quantitative estimate of drug-likeness (QED) is 0.815.